The van der Waals surface area contributed by atoms with E-state index in [1.54, 1.807) is 0 Å². The van der Waals surface area contributed by atoms with Crippen molar-refractivity contribution in [2.75, 3.05) is 13.2 Å². The third-order valence-electron chi connectivity index (χ3n) is 3.42. The van der Waals surface area contributed by atoms with Crippen LogP contribution in [0.15, 0.2) is 24.3 Å². The molecular formula is C16H25NO2. The summed E-state index contributed by atoms with van der Waals surface area (Å²) in [5.74, 6) is 1.59. The minimum Gasteiger partial charge on any atom is -0.494 e. The molecule has 0 saturated heterocycles. The first-order valence-corrected chi connectivity index (χ1v) is 7.17. The highest BCUT2D eigenvalue weighted by molar-refractivity contribution is 5.96. The zero-order valence-corrected chi connectivity index (χ0v) is 12.0. The van der Waals surface area contributed by atoms with Crippen LogP contribution in [0.3, 0.4) is 0 Å². The van der Waals surface area contributed by atoms with Gasteiger partial charge in [0.15, 0.2) is 5.78 Å². The van der Waals surface area contributed by atoms with E-state index in [1.165, 1.54) is 0 Å². The number of Topliss-reactive ketones (excluding diaryl/α,β-unsaturated/α-hetero) is 1. The van der Waals surface area contributed by atoms with Crippen LogP contribution in [-0.2, 0) is 0 Å². The van der Waals surface area contributed by atoms with Gasteiger partial charge < -0.3 is 10.5 Å². The minimum atomic E-state index is 0.207. The number of hydrogen-bond acceptors (Lipinski definition) is 3. The molecule has 1 aromatic rings. The Morgan fingerprint density at radius 1 is 1.21 bits per heavy atom. The number of carbonyl (C=O) groups is 1. The summed E-state index contributed by atoms with van der Waals surface area (Å²) >= 11 is 0. The van der Waals surface area contributed by atoms with Gasteiger partial charge in [-0.15, -0.1) is 0 Å². The van der Waals surface area contributed by atoms with Crippen molar-refractivity contribution in [1.29, 1.82) is 0 Å². The van der Waals surface area contributed by atoms with Crippen molar-refractivity contribution in [1.82, 2.24) is 0 Å². The second-order valence-corrected chi connectivity index (χ2v) is 4.77. The molecule has 0 fully saturated rings. The molecule has 1 atom stereocenters. The highest BCUT2D eigenvalue weighted by Gasteiger charge is 2.10. The Kier molecular flexibility index (Phi) is 7.19. The minimum absolute atomic E-state index is 0.207. The number of ketones is 1. The van der Waals surface area contributed by atoms with Crippen LogP contribution in [-0.4, -0.2) is 18.9 Å². The second-order valence-electron chi connectivity index (χ2n) is 4.77. The van der Waals surface area contributed by atoms with E-state index >= 15 is 0 Å². The van der Waals surface area contributed by atoms with E-state index in [9.17, 15) is 4.79 Å². The molecule has 0 spiro atoms. The maximum Gasteiger partial charge on any atom is 0.162 e. The molecule has 0 heterocycles. The largest absolute Gasteiger partial charge is 0.494 e. The molecule has 0 saturated carbocycles. The molecule has 0 aliphatic rings. The lowest BCUT2D eigenvalue weighted by molar-refractivity contribution is 0.0972. The van der Waals surface area contributed by atoms with E-state index in [0.717, 1.165) is 30.6 Å². The van der Waals surface area contributed by atoms with Crippen molar-refractivity contribution in [3.8, 4) is 5.75 Å². The summed E-state index contributed by atoms with van der Waals surface area (Å²) in [6.07, 6.45) is 3.63. The van der Waals surface area contributed by atoms with Crippen molar-refractivity contribution in [2.24, 2.45) is 11.7 Å². The smallest absolute Gasteiger partial charge is 0.162 e. The van der Waals surface area contributed by atoms with E-state index in [0.29, 0.717) is 25.5 Å². The summed E-state index contributed by atoms with van der Waals surface area (Å²) in [5.41, 5.74) is 6.34. The van der Waals surface area contributed by atoms with Crippen molar-refractivity contribution in [3.05, 3.63) is 29.8 Å². The standard InChI is InChI=1S/C16H25NO2/c1-3-13(11-12-17)5-10-16(18)14-6-8-15(9-7-14)19-4-2/h6-9,13H,3-5,10-12,17H2,1-2H3. The zero-order valence-electron chi connectivity index (χ0n) is 12.0. The molecule has 0 radical (unpaired) electrons. The number of carbonyl (C=O) groups excluding carboxylic acids is 1. The van der Waals surface area contributed by atoms with Crippen molar-refractivity contribution in [3.63, 3.8) is 0 Å². The van der Waals surface area contributed by atoms with Gasteiger partial charge in [-0.2, -0.15) is 0 Å². The molecule has 1 unspecified atom stereocenters. The van der Waals surface area contributed by atoms with Crippen LogP contribution in [0.4, 0.5) is 0 Å². The average molecular weight is 263 g/mol. The molecule has 0 aliphatic heterocycles. The van der Waals surface area contributed by atoms with Crippen LogP contribution in [0.25, 0.3) is 0 Å². The summed E-state index contributed by atoms with van der Waals surface area (Å²) in [7, 11) is 0. The van der Waals surface area contributed by atoms with Crippen molar-refractivity contribution < 1.29 is 9.53 Å². The Balaban J connectivity index is 2.48. The molecule has 1 aromatic carbocycles. The molecule has 19 heavy (non-hydrogen) atoms. The third-order valence-corrected chi connectivity index (χ3v) is 3.42. The summed E-state index contributed by atoms with van der Waals surface area (Å²) in [6, 6.07) is 7.40. The number of ether oxygens (including phenoxy) is 1. The van der Waals surface area contributed by atoms with E-state index in [2.05, 4.69) is 6.92 Å². The fourth-order valence-corrected chi connectivity index (χ4v) is 2.17. The topological polar surface area (TPSA) is 52.3 Å². The predicted octanol–water partition coefficient (Wildman–Crippen LogP) is 3.42. The summed E-state index contributed by atoms with van der Waals surface area (Å²) in [4.78, 5) is 12.1. The fraction of sp³-hybridized carbons (Fsp3) is 0.562. The van der Waals surface area contributed by atoms with Gasteiger partial charge in [0.25, 0.3) is 0 Å². The SMILES string of the molecule is CCOc1ccc(C(=O)CCC(CC)CCN)cc1. The van der Waals surface area contributed by atoms with Gasteiger partial charge in [0, 0.05) is 12.0 Å². The lowest BCUT2D eigenvalue weighted by Gasteiger charge is -2.12. The first-order valence-electron chi connectivity index (χ1n) is 7.17. The molecule has 2 N–H and O–H groups in total. The summed E-state index contributed by atoms with van der Waals surface area (Å²) < 4.78 is 5.36. The predicted molar refractivity (Wildman–Crippen MR) is 78.6 cm³/mol. The van der Waals surface area contributed by atoms with Gasteiger partial charge >= 0.3 is 0 Å². The number of benzene rings is 1. The van der Waals surface area contributed by atoms with E-state index < -0.39 is 0 Å². The molecule has 0 aliphatic carbocycles. The first-order chi connectivity index (χ1) is 9.21. The van der Waals surface area contributed by atoms with Crippen LogP contribution in [0.5, 0.6) is 5.75 Å². The Hall–Kier alpha value is -1.35. The van der Waals surface area contributed by atoms with E-state index in [4.69, 9.17) is 10.5 Å². The lowest BCUT2D eigenvalue weighted by Crippen LogP contribution is -2.10. The average Bonchev–Trinajstić information content (AvgIpc) is 2.44. The fourth-order valence-electron chi connectivity index (χ4n) is 2.17. The Morgan fingerprint density at radius 2 is 1.89 bits per heavy atom. The Morgan fingerprint density at radius 3 is 2.42 bits per heavy atom. The van der Waals surface area contributed by atoms with Gasteiger partial charge in [-0.3, -0.25) is 4.79 Å². The van der Waals surface area contributed by atoms with Crippen LogP contribution in [0, 0.1) is 5.92 Å². The molecule has 106 valence electrons. The zero-order chi connectivity index (χ0) is 14.1. The van der Waals surface area contributed by atoms with Crippen LogP contribution in [0.1, 0.15) is 49.9 Å². The van der Waals surface area contributed by atoms with Crippen molar-refractivity contribution >= 4 is 5.78 Å². The quantitative estimate of drug-likeness (QED) is 0.694. The highest BCUT2D eigenvalue weighted by atomic mass is 16.5. The van der Waals surface area contributed by atoms with Gasteiger partial charge in [-0.1, -0.05) is 13.3 Å². The summed E-state index contributed by atoms with van der Waals surface area (Å²) in [6.45, 7) is 5.45. The number of rotatable bonds is 9. The maximum absolute atomic E-state index is 12.1. The van der Waals surface area contributed by atoms with E-state index in [-0.39, 0.29) is 5.78 Å². The molecule has 1 rings (SSSR count). The van der Waals surface area contributed by atoms with Gasteiger partial charge in [-0.25, -0.2) is 0 Å². The normalized spacial score (nSPS) is 12.2. The second kappa shape index (κ2) is 8.70. The van der Waals surface area contributed by atoms with Gasteiger partial charge in [0.2, 0.25) is 0 Å². The first kappa shape index (κ1) is 15.7. The van der Waals surface area contributed by atoms with Crippen LogP contribution >= 0.6 is 0 Å². The summed E-state index contributed by atoms with van der Waals surface area (Å²) in [5, 5.41) is 0. The van der Waals surface area contributed by atoms with Gasteiger partial charge in [0.05, 0.1) is 6.61 Å². The third kappa shape index (κ3) is 5.43. The molecule has 0 amide bonds. The van der Waals surface area contributed by atoms with Gasteiger partial charge in [0.1, 0.15) is 5.75 Å². The molecule has 3 nitrogen and oxygen atoms in total. The van der Waals surface area contributed by atoms with Crippen LogP contribution < -0.4 is 10.5 Å². The number of hydrogen-bond donors (Lipinski definition) is 1. The van der Waals surface area contributed by atoms with E-state index in [1.807, 2.05) is 31.2 Å². The maximum atomic E-state index is 12.1. The van der Waals surface area contributed by atoms with Crippen molar-refractivity contribution in [2.45, 2.75) is 39.5 Å². The lowest BCUT2D eigenvalue weighted by atomic mass is 9.94. The highest BCUT2D eigenvalue weighted by Crippen LogP contribution is 2.18. The molecule has 0 aromatic heterocycles. The Bertz CT molecular complexity index is 373. The monoisotopic (exact) mass is 263 g/mol. The molecule has 3 heteroatoms. The van der Waals surface area contributed by atoms with Gasteiger partial charge in [-0.05, 0) is 56.5 Å². The molecule has 0 bridgehead atoms. The molecular weight excluding hydrogens is 238 g/mol. The van der Waals surface area contributed by atoms with Crippen LogP contribution in [0.2, 0.25) is 0 Å². The Labute approximate surface area is 116 Å². The number of nitrogens with two attached hydrogens (primary N) is 1.